The molecule has 5 heteroatoms. The summed E-state index contributed by atoms with van der Waals surface area (Å²) in [5.41, 5.74) is 3.61. The fourth-order valence-corrected chi connectivity index (χ4v) is 0.968. The minimum absolute atomic E-state index is 0.0564. The van der Waals surface area contributed by atoms with Gasteiger partial charge >= 0.3 is 5.97 Å². The smallest absolute Gasteiger partial charge is 0.332 e. The van der Waals surface area contributed by atoms with Crippen molar-refractivity contribution in [2.75, 3.05) is 0 Å². The molecule has 0 aliphatic heterocycles. The molecule has 1 rings (SSSR count). The average molecular weight is 229 g/mol. The molecule has 1 aromatic carbocycles. The van der Waals surface area contributed by atoms with Crippen LogP contribution in [0.5, 0.6) is 0 Å². The van der Waals surface area contributed by atoms with Gasteiger partial charge in [0.1, 0.15) is 6.61 Å². The number of hydrogen-bond acceptors (Lipinski definition) is 3. The Hall–Kier alpha value is -1.49. The molecule has 0 unspecified atom stereocenters. The van der Waals surface area contributed by atoms with Crippen LogP contribution in [0.2, 0.25) is 0 Å². The molecule has 88 valence electrons. The van der Waals surface area contributed by atoms with Crippen LogP contribution in [0.1, 0.15) is 12.5 Å². The predicted molar refractivity (Wildman–Crippen MR) is 54.8 cm³/mol. The first kappa shape index (κ1) is 12.6. The summed E-state index contributed by atoms with van der Waals surface area (Å²) in [6.07, 6.45) is -2.95. The Kier molecular flexibility index (Phi) is 3.95. The number of rotatable bonds is 4. The van der Waals surface area contributed by atoms with Gasteiger partial charge in [0.2, 0.25) is 0 Å². The second-order valence-corrected chi connectivity index (χ2v) is 3.65. The summed E-state index contributed by atoms with van der Waals surface area (Å²) < 4.78 is 29.4. The number of alkyl halides is 2. The van der Waals surface area contributed by atoms with Crippen LogP contribution in [0.25, 0.3) is 0 Å². The standard InChI is InChI=1S/C11H13F2NO2/c1-11(14,9(12)13)10(15)16-7-8-5-3-2-4-6-8/h2-6,9H,7,14H2,1H3/t11-/m0/s1. The Morgan fingerprint density at radius 3 is 2.50 bits per heavy atom. The third-order valence-electron chi connectivity index (χ3n) is 2.11. The SMILES string of the molecule is C[C@@](N)(C(=O)OCc1ccccc1)C(F)F. The van der Waals surface area contributed by atoms with Crippen molar-refractivity contribution in [1.82, 2.24) is 0 Å². The van der Waals surface area contributed by atoms with E-state index in [-0.39, 0.29) is 6.61 Å². The van der Waals surface area contributed by atoms with Gasteiger partial charge in [0, 0.05) is 0 Å². The lowest BCUT2D eigenvalue weighted by Gasteiger charge is -2.21. The molecule has 1 aromatic rings. The van der Waals surface area contributed by atoms with Crippen molar-refractivity contribution in [2.24, 2.45) is 5.73 Å². The molecule has 0 heterocycles. The zero-order valence-electron chi connectivity index (χ0n) is 8.82. The lowest BCUT2D eigenvalue weighted by molar-refractivity contribution is -0.156. The number of ether oxygens (including phenoxy) is 1. The first-order chi connectivity index (χ1) is 7.44. The van der Waals surface area contributed by atoms with E-state index in [0.717, 1.165) is 12.5 Å². The van der Waals surface area contributed by atoms with E-state index in [2.05, 4.69) is 0 Å². The van der Waals surface area contributed by atoms with Gasteiger partial charge in [0.05, 0.1) is 0 Å². The molecular formula is C11H13F2NO2. The van der Waals surface area contributed by atoms with Gasteiger partial charge in [-0.3, -0.25) is 0 Å². The van der Waals surface area contributed by atoms with E-state index < -0.39 is 17.9 Å². The number of benzene rings is 1. The highest BCUT2D eigenvalue weighted by atomic mass is 19.3. The number of carbonyl (C=O) groups excluding carboxylic acids is 1. The van der Waals surface area contributed by atoms with Crippen molar-refractivity contribution >= 4 is 5.97 Å². The fourth-order valence-electron chi connectivity index (χ4n) is 0.968. The topological polar surface area (TPSA) is 52.3 Å². The van der Waals surface area contributed by atoms with E-state index in [9.17, 15) is 13.6 Å². The maximum atomic E-state index is 12.4. The maximum absolute atomic E-state index is 12.4. The first-order valence-corrected chi connectivity index (χ1v) is 4.72. The van der Waals surface area contributed by atoms with E-state index in [1.165, 1.54) is 0 Å². The predicted octanol–water partition coefficient (Wildman–Crippen LogP) is 1.71. The summed E-state index contributed by atoms with van der Waals surface area (Å²) in [4.78, 5) is 11.3. The van der Waals surface area contributed by atoms with Gasteiger partial charge in [-0.2, -0.15) is 0 Å². The molecule has 0 fully saturated rings. The van der Waals surface area contributed by atoms with Gasteiger partial charge < -0.3 is 10.5 Å². The largest absolute Gasteiger partial charge is 0.459 e. The Labute approximate surface area is 92.2 Å². The lowest BCUT2D eigenvalue weighted by Crippen LogP contribution is -2.52. The highest BCUT2D eigenvalue weighted by Crippen LogP contribution is 2.14. The van der Waals surface area contributed by atoms with Crippen molar-refractivity contribution < 1.29 is 18.3 Å². The van der Waals surface area contributed by atoms with Crippen molar-refractivity contribution in [2.45, 2.75) is 25.5 Å². The normalized spacial score (nSPS) is 14.6. The van der Waals surface area contributed by atoms with E-state index in [4.69, 9.17) is 10.5 Å². The van der Waals surface area contributed by atoms with Crippen molar-refractivity contribution in [3.63, 3.8) is 0 Å². The van der Waals surface area contributed by atoms with Crippen molar-refractivity contribution in [1.29, 1.82) is 0 Å². The molecule has 0 saturated heterocycles. The van der Waals surface area contributed by atoms with Gasteiger partial charge in [0.15, 0.2) is 5.54 Å². The lowest BCUT2D eigenvalue weighted by atomic mass is 10.1. The Morgan fingerprint density at radius 2 is 2.00 bits per heavy atom. The number of halogens is 2. The minimum atomic E-state index is -2.95. The van der Waals surface area contributed by atoms with Crippen molar-refractivity contribution in [3.8, 4) is 0 Å². The third-order valence-corrected chi connectivity index (χ3v) is 2.11. The van der Waals surface area contributed by atoms with Crippen LogP contribution >= 0.6 is 0 Å². The fraction of sp³-hybridized carbons (Fsp3) is 0.364. The Bertz CT molecular complexity index is 352. The van der Waals surface area contributed by atoms with Gasteiger partial charge in [0.25, 0.3) is 6.43 Å². The average Bonchev–Trinajstić information content (AvgIpc) is 2.27. The Balaban J connectivity index is 2.54. The monoisotopic (exact) mass is 229 g/mol. The third kappa shape index (κ3) is 3.00. The minimum Gasteiger partial charge on any atom is -0.459 e. The maximum Gasteiger partial charge on any atom is 0.332 e. The van der Waals surface area contributed by atoms with Gasteiger partial charge in [-0.25, -0.2) is 13.6 Å². The second kappa shape index (κ2) is 5.03. The molecule has 0 saturated carbocycles. The molecule has 0 aliphatic carbocycles. The van der Waals surface area contributed by atoms with E-state index in [0.29, 0.717) is 0 Å². The van der Waals surface area contributed by atoms with Crippen molar-refractivity contribution in [3.05, 3.63) is 35.9 Å². The number of nitrogens with two attached hydrogens (primary N) is 1. The van der Waals surface area contributed by atoms with E-state index in [1.807, 2.05) is 0 Å². The highest BCUT2D eigenvalue weighted by molar-refractivity contribution is 5.80. The van der Waals surface area contributed by atoms with Crippen LogP contribution < -0.4 is 5.73 Å². The van der Waals surface area contributed by atoms with Crippen LogP contribution in [0.15, 0.2) is 30.3 Å². The quantitative estimate of drug-likeness (QED) is 0.800. The van der Waals surface area contributed by atoms with Crippen LogP contribution in [0.3, 0.4) is 0 Å². The van der Waals surface area contributed by atoms with Crippen LogP contribution in [0.4, 0.5) is 8.78 Å². The summed E-state index contributed by atoms with van der Waals surface area (Å²) >= 11 is 0. The number of hydrogen-bond donors (Lipinski definition) is 1. The van der Waals surface area contributed by atoms with E-state index >= 15 is 0 Å². The van der Waals surface area contributed by atoms with Gasteiger partial charge in [-0.1, -0.05) is 30.3 Å². The molecule has 0 bridgehead atoms. The molecule has 0 spiro atoms. The molecule has 0 aromatic heterocycles. The summed E-state index contributed by atoms with van der Waals surface area (Å²) in [5.74, 6) is -1.11. The molecule has 2 N–H and O–H groups in total. The molecular weight excluding hydrogens is 216 g/mol. The second-order valence-electron chi connectivity index (χ2n) is 3.65. The van der Waals surface area contributed by atoms with E-state index in [1.54, 1.807) is 30.3 Å². The van der Waals surface area contributed by atoms with Gasteiger partial charge in [-0.05, 0) is 12.5 Å². The summed E-state index contributed by atoms with van der Waals surface area (Å²) in [7, 11) is 0. The highest BCUT2D eigenvalue weighted by Gasteiger charge is 2.40. The van der Waals surface area contributed by atoms with Crippen LogP contribution in [0, 0.1) is 0 Å². The molecule has 1 atom stereocenters. The number of esters is 1. The molecule has 16 heavy (non-hydrogen) atoms. The van der Waals surface area contributed by atoms with Crippen LogP contribution in [-0.4, -0.2) is 17.9 Å². The molecule has 0 amide bonds. The van der Waals surface area contributed by atoms with Crippen LogP contribution in [-0.2, 0) is 16.1 Å². The Morgan fingerprint density at radius 1 is 1.44 bits per heavy atom. The number of carbonyl (C=O) groups is 1. The summed E-state index contributed by atoms with van der Waals surface area (Å²) in [6, 6.07) is 8.78. The summed E-state index contributed by atoms with van der Waals surface area (Å²) in [5, 5.41) is 0. The molecule has 3 nitrogen and oxygen atoms in total. The summed E-state index contributed by atoms with van der Waals surface area (Å²) in [6.45, 7) is 0.893. The first-order valence-electron chi connectivity index (χ1n) is 4.72. The molecule has 0 aliphatic rings. The molecule has 0 radical (unpaired) electrons. The zero-order valence-corrected chi connectivity index (χ0v) is 8.82. The van der Waals surface area contributed by atoms with Gasteiger partial charge in [-0.15, -0.1) is 0 Å². The zero-order chi connectivity index (χ0) is 12.2.